The molecular weight excluding hydrogens is 208 g/mol. The van der Waals surface area contributed by atoms with Gasteiger partial charge >= 0.3 is 0 Å². The second kappa shape index (κ2) is 5.09. The number of nitrogens with zero attached hydrogens (tertiary/aromatic N) is 1. The lowest BCUT2D eigenvalue weighted by Crippen LogP contribution is -2.38. The minimum Gasteiger partial charge on any atom is -0.367 e. The van der Waals surface area contributed by atoms with Crippen LogP contribution in [0.2, 0.25) is 0 Å². The van der Waals surface area contributed by atoms with E-state index in [9.17, 15) is 0 Å². The minimum atomic E-state index is 0.570. The van der Waals surface area contributed by atoms with Gasteiger partial charge in [-0.25, -0.2) is 0 Å². The van der Waals surface area contributed by atoms with E-state index in [1.165, 1.54) is 23.2 Å². The van der Waals surface area contributed by atoms with Crippen LogP contribution in [0, 0.1) is 13.8 Å². The molecule has 1 aromatic rings. The summed E-state index contributed by atoms with van der Waals surface area (Å²) in [5.41, 5.74) is 4.15. The smallest absolute Gasteiger partial charge is 0.0401 e. The van der Waals surface area contributed by atoms with Crippen LogP contribution in [0.25, 0.3) is 0 Å². The third-order valence-electron chi connectivity index (χ3n) is 3.77. The van der Waals surface area contributed by atoms with Gasteiger partial charge in [0.05, 0.1) is 0 Å². The number of anilines is 1. The van der Waals surface area contributed by atoms with Crippen LogP contribution in [-0.2, 0) is 0 Å². The lowest BCUT2D eigenvalue weighted by atomic mass is 10.1. The van der Waals surface area contributed by atoms with Gasteiger partial charge in [-0.1, -0.05) is 12.1 Å². The number of benzene rings is 1. The first-order valence-electron chi connectivity index (χ1n) is 6.65. The van der Waals surface area contributed by atoms with Crippen LogP contribution in [0.1, 0.15) is 31.4 Å². The number of hydrogen-bond acceptors (Lipinski definition) is 2. The summed E-state index contributed by atoms with van der Waals surface area (Å²) in [6.07, 6.45) is 1.22. The van der Waals surface area contributed by atoms with E-state index in [1.807, 2.05) is 0 Å². The van der Waals surface area contributed by atoms with Gasteiger partial charge in [0.15, 0.2) is 0 Å². The van der Waals surface area contributed by atoms with Gasteiger partial charge in [-0.2, -0.15) is 0 Å². The van der Waals surface area contributed by atoms with Crippen molar-refractivity contribution in [1.82, 2.24) is 5.32 Å². The maximum Gasteiger partial charge on any atom is 0.0401 e. The van der Waals surface area contributed by atoms with Crippen LogP contribution in [0.5, 0.6) is 0 Å². The maximum atomic E-state index is 3.59. The van der Waals surface area contributed by atoms with Gasteiger partial charge in [0, 0.05) is 30.9 Å². The highest BCUT2D eigenvalue weighted by Crippen LogP contribution is 2.25. The molecule has 0 radical (unpaired) electrons. The highest BCUT2D eigenvalue weighted by molar-refractivity contribution is 5.55. The number of hydrogen-bond donors (Lipinski definition) is 1. The van der Waals surface area contributed by atoms with Gasteiger partial charge in [0.25, 0.3) is 0 Å². The van der Waals surface area contributed by atoms with Gasteiger partial charge < -0.3 is 10.2 Å². The fourth-order valence-electron chi connectivity index (χ4n) is 2.52. The molecule has 2 heteroatoms. The van der Waals surface area contributed by atoms with E-state index < -0.39 is 0 Å². The van der Waals surface area contributed by atoms with Crippen molar-refractivity contribution in [2.45, 2.75) is 46.2 Å². The van der Waals surface area contributed by atoms with Crippen molar-refractivity contribution in [1.29, 1.82) is 0 Å². The summed E-state index contributed by atoms with van der Waals surface area (Å²) < 4.78 is 0. The Morgan fingerprint density at radius 3 is 2.76 bits per heavy atom. The summed E-state index contributed by atoms with van der Waals surface area (Å²) in [5.74, 6) is 0. The van der Waals surface area contributed by atoms with E-state index in [0.717, 1.165) is 13.1 Å². The molecular formula is C15H24N2. The standard InChI is InChI=1S/C15H24N2/c1-11-5-6-12(2)15(9-11)17-8-7-13(3)16-10-14(17)4/h5-6,9,13-14,16H,7-8,10H2,1-4H3. The summed E-state index contributed by atoms with van der Waals surface area (Å²) in [6.45, 7) is 11.2. The van der Waals surface area contributed by atoms with Gasteiger partial charge in [0.2, 0.25) is 0 Å². The Morgan fingerprint density at radius 2 is 2.00 bits per heavy atom. The maximum absolute atomic E-state index is 3.59. The van der Waals surface area contributed by atoms with Crippen LogP contribution in [-0.4, -0.2) is 25.2 Å². The highest BCUT2D eigenvalue weighted by atomic mass is 15.2. The molecule has 1 N–H and O–H groups in total. The number of aryl methyl sites for hydroxylation is 2. The second-order valence-corrected chi connectivity index (χ2v) is 5.43. The molecule has 1 aliphatic rings. The Labute approximate surface area is 105 Å². The van der Waals surface area contributed by atoms with Gasteiger partial charge in [-0.3, -0.25) is 0 Å². The van der Waals surface area contributed by atoms with Crippen molar-refractivity contribution in [2.24, 2.45) is 0 Å². The van der Waals surface area contributed by atoms with E-state index in [2.05, 4.69) is 56.1 Å². The Bertz CT molecular complexity index is 387. The van der Waals surface area contributed by atoms with Crippen molar-refractivity contribution in [2.75, 3.05) is 18.0 Å². The first kappa shape index (κ1) is 12.4. The third-order valence-corrected chi connectivity index (χ3v) is 3.77. The Hall–Kier alpha value is -1.02. The fourth-order valence-corrected chi connectivity index (χ4v) is 2.52. The van der Waals surface area contributed by atoms with Crippen LogP contribution in [0.15, 0.2) is 18.2 Å². The van der Waals surface area contributed by atoms with Crippen LogP contribution < -0.4 is 10.2 Å². The molecule has 1 fully saturated rings. The summed E-state index contributed by atoms with van der Waals surface area (Å²) in [7, 11) is 0. The van der Waals surface area contributed by atoms with Crippen molar-refractivity contribution in [3.63, 3.8) is 0 Å². The molecule has 2 nitrogen and oxygen atoms in total. The van der Waals surface area contributed by atoms with Gasteiger partial charge in [-0.05, 0) is 51.3 Å². The lowest BCUT2D eigenvalue weighted by Gasteiger charge is -2.30. The summed E-state index contributed by atoms with van der Waals surface area (Å²) >= 11 is 0. The van der Waals surface area contributed by atoms with Crippen LogP contribution >= 0.6 is 0 Å². The highest BCUT2D eigenvalue weighted by Gasteiger charge is 2.20. The summed E-state index contributed by atoms with van der Waals surface area (Å²) in [6, 6.07) is 7.95. The first-order valence-corrected chi connectivity index (χ1v) is 6.65. The van der Waals surface area contributed by atoms with E-state index in [4.69, 9.17) is 0 Å². The quantitative estimate of drug-likeness (QED) is 0.801. The Balaban J connectivity index is 2.27. The topological polar surface area (TPSA) is 15.3 Å². The predicted molar refractivity (Wildman–Crippen MR) is 74.8 cm³/mol. The zero-order chi connectivity index (χ0) is 12.4. The number of nitrogens with one attached hydrogen (secondary N) is 1. The van der Waals surface area contributed by atoms with E-state index in [1.54, 1.807) is 0 Å². The van der Waals surface area contributed by atoms with Crippen molar-refractivity contribution < 1.29 is 0 Å². The molecule has 1 saturated heterocycles. The zero-order valence-electron chi connectivity index (χ0n) is 11.5. The first-order chi connectivity index (χ1) is 8.08. The molecule has 0 amide bonds. The van der Waals surface area contributed by atoms with Gasteiger partial charge in [-0.15, -0.1) is 0 Å². The lowest BCUT2D eigenvalue weighted by molar-refractivity contribution is 0.548. The monoisotopic (exact) mass is 232 g/mol. The van der Waals surface area contributed by atoms with Crippen molar-refractivity contribution in [3.8, 4) is 0 Å². The molecule has 2 atom stereocenters. The molecule has 1 heterocycles. The molecule has 94 valence electrons. The van der Waals surface area contributed by atoms with Gasteiger partial charge in [0.1, 0.15) is 0 Å². The minimum absolute atomic E-state index is 0.570. The Kier molecular flexibility index (Phi) is 3.72. The second-order valence-electron chi connectivity index (χ2n) is 5.43. The molecule has 2 unspecified atom stereocenters. The largest absolute Gasteiger partial charge is 0.367 e. The molecule has 1 aliphatic heterocycles. The molecule has 0 saturated carbocycles. The zero-order valence-corrected chi connectivity index (χ0v) is 11.5. The molecule has 2 rings (SSSR count). The third kappa shape index (κ3) is 2.81. The molecule has 0 spiro atoms. The van der Waals surface area contributed by atoms with E-state index in [0.29, 0.717) is 12.1 Å². The average molecular weight is 232 g/mol. The van der Waals surface area contributed by atoms with Crippen LogP contribution in [0.4, 0.5) is 5.69 Å². The number of rotatable bonds is 1. The molecule has 17 heavy (non-hydrogen) atoms. The Morgan fingerprint density at radius 1 is 1.24 bits per heavy atom. The molecule has 0 aliphatic carbocycles. The summed E-state index contributed by atoms with van der Waals surface area (Å²) in [4.78, 5) is 2.55. The predicted octanol–water partition coefficient (Wildman–Crippen LogP) is 2.88. The van der Waals surface area contributed by atoms with E-state index >= 15 is 0 Å². The van der Waals surface area contributed by atoms with Crippen molar-refractivity contribution >= 4 is 5.69 Å². The summed E-state index contributed by atoms with van der Waals surface area (Å²) in [5, 5.41) is 3.59. The van der Waals surface area contributed by atoms with Crippen LogP contribution in [0.3, 0.4) is 0 Å². The molecule has 1 aromatic carbocycles. The average Bonchev–Trinajstić information content (AvgIpc) is 2.46. The SMILES string of the molecule is Cc1ccc(C)c(N2CCC(C)NCC2C)c1. The normalized spacial score (nSPS) is 25.8. The fraction of sp³-hybridized carbons (Fsp3) is 0.600. The molecule has 0 bridgehead atoms. The van der Waals surface area contributed by atoms with Crippen molar-refractivity contribution in [3.05, 3.63) is 29.3 Å². The molecule has 0 aromatic heterocycles. The van der Waals surface area contributed by atoms with E-state index in [-0.39, 0.29) is 0 Å².